The second-order valence-corrected chi connectivity index (χ2v) is 5.01. The summed E-state index contributed by atoms with van der Waals surface area (Å²) in [7, 11) is 0. The van der Waals surface area contributed by atoms with Crippen LogP contribution in [0.5, 0.6) is 0 Å². The van der Waals surface area contributed by atoms with Crippen LogP contribution in [0.2, 0.25) is 0 Å². The summed E-state index contributed by atoms with van der Waals surface area (Å²) in [5.41, 5.74) is 2.56. The number of benzene rings is 1. The van der Waals surface area contributed by atoms with Crippen molar-refractivity contribution in [3.63, 3.8) is 0 Å². The van der Waals surface area contributed by atoms with Crippen LogP contribution in [0.1, 0.15) is 40.4 Å². The number of aliphatic hydroxyl groups excluding tert-OH is 1. The summed E-state index contributed by atoms with van der Waals surface area (Å²) in [6.45, 7) is 3.93. The molecule has 0 radical (unpaired) electrons. The predicted molar refractivity (Wildman–Crippen MR) is 79.6 cm³/mol. The van der Waals surface area contributed by atoms with Crippen LogP contribution in [0.4, 0.5) is 0 Å². The number of furan rings is 1. The average molecular weight is 300 g/mol. The van der Waals surface area contributed by atoms with E-state index in [1.54, 1.807) is 19.2 Å². The van der Waals surface area contributed by atoms with Crippen LogP contribution in [0, 0.1) is 6.92 Å². The van der Waals surface area contributed by atoms with E-state index >= 15 is 0 Å². The number of aromatic amines is 1. The summed E-state index contributed by atoms with van der Waals surface area (Å²) < 4.78 is 10.6. The Morgan fingerprint density at radius 1 is 1.45 bits per heavy atom. The Labute approximate surface area is 126 Å². The fourth-order valence-corrected chi connectivity index (χ4v) is 2.43. The maximum Gasteiger partial charge on any atom is 0.374 e. The highest BCUT2D eigenvalue weighted by Gasteiger charge is 2.21. The van der Waals surface area contributed by atoms with Gasteiger partial charge in [0.2, 0.25) is 5.76 Å². The van der Waals surface area contributed by atoms with Crippen LogP contribution in [-0.2, 0) is 4.74 Å². The molecule has 114 valence electrons. The molecule has 3 rings (SSSR count). The Bertz CT molecular complexity index is 805. The van der Waals surface area contributed by atoms with Gasteiger partial charge in [0.25, 0.3) is 0 Å². The highest BCUT2D eigenvalue weighted by atomic mass is 16.5. The fraction of sp³-hybridized carbons (Fsp3) is 0.250. The number of carbonyl (C=O) groups excluding carboxylic acids is 1. The molecule has 6 nitrogen and oxygen atoms in total. The number of nitrogens with one attached hydrogen (secondary N) is 1. The number of nitrogens with zero attached hydrogens (tertiary/aromatic N) is 1. The SMILES string of the molecule is CCOC(=O)c1cc2cc(C)cc(C(O)c3cnc[nH]3)c2o1. The molecule has 22 heavy (non-hydrogen) atoms. The molecular weight excluding hydrogens is 284 g/mol. The van der Waals surface area contributed by atoms with Gasteiger partial charge in [-0.05, 0) is 37.6 Å². The molecule has 0 spiro atoms. The molecule has 1 aromatic carbocycles. The third kappa shape index (κ3) is 2.48. The van der Waals surface area contributed by atoms with Crippen molar-refractivity contribution in [2.24, 2.45) is 0 Å². The van der Waals surface area contributed by atoms with Gasteiger partial charge >= 0.3 is 5.97 Å². The number of hydrogen-bond acceptors (Lipinski definition) is 5. The van der Waals surface area contributed by atoms with Gasteiger partial charge in [-0.1, -0.05) is 0 Å². The zero-order valence-electron chi connectivity index (χ0n) is 12.3. The number of rotatable bonds is 4. The maximum atomic E-state index is 11.8. The number of carbonyl (C=O) groups is 1. The van der Waals surface area contributed by atoms with E-state index in [4.69, 9.17) is 9.15 Å². The molecule has 1 unspecified atom stereocenters. The van der Waals surface area contributed by atoms with Gasteiger partial charge in [0, 0.05) is 10.9 Å². The van der Waals surface area contributed by atoms with E-state index in [2.05, 4.69) is 9.97 Å². The van der Waals surface area contributed by atoms with Crippen molar-refractivity contribution in [1.82, 2.24) is 9.97 Å². The number of H-pyrrole nitrogens is 1. The van der Waals surface area contributed by atoms with E-state index in [1.807, 2.05) is 19.1 Å². The van der Waals surface area contributed by atoms with Gasteiger partial charge in [0.1, 0.15) is 11.7 Å². The second-order valence-electron chi connectivity index (χ2n) is 5.01. The van der Waals surface area contributed by atoms with Crippen LogP contribution in [-0.4, -0.2) is 27.7 Å². The third-order valence-corrected chi connectivity index (χ3v) is 3.37. The predicted octanol–water partition coefficient (Wildman–Crippen LogP) is 2.72. The zero-order chi connectivity index (χ0) is 15.7. The second kappa shape index (κ2) is 5.65. The Balaban J connectivity index is 2.11. The lowest BCUT2D eigenvalue weighted by Gasteiger charge is -2.10. The van der Waals surface area contributed by atoms with Crippen molar-refractivity contribution in [1.29, 1.82) is 0 Å². The van der Waals surface area contributed by atoms with Crippen LogP contribution in [0.3, 0.4) is 0 Å². The van der Waals surface area contributed by atoms with E-state index in [-0.39, 0.29) is 12.4 Å². The molecule has 2 heterocycles. The van der Waals surface area contributed by atoms with Crippen molar-refractivity contribution < 1.29 is 19.1 Å². The molecule has 2 N–H and O–H groups in total. The van der Waals surface area contributed by atoms with E-state index in [0.29, 0.717) is 16.8 Å². The van der Waals surface area contributed by atoms with Crippen molar-refractivity contribution in [3.8, 4) is 0 Å². The molecule has 0 saturated heterocycles. The molecule has 0 saturated carbocycles. The first-order valence-electron chi connectivity index (χ1n) is 6.97. The molecule has 0 aliphatic carbocycles. The van der Waals surface area contributed by atoms with Crippen LogP contribution in [0.15, 0.2) is 35.1 Å². The van der Waals surface area contributed by atoms with Gasteiger partial charge in [0.05, 0.1) is 24.8 Å². The van der Waals surface area contributed by atoms with Crippen molar-refractivity contribution in [2.75, 3.05) is 6.61 Å². The molecule has 1 atom stereocenters. The number of hydrogen-bond donors (Lipinski definition) is 2. The summed E-state index contributed by atoms with van der Waals surface area (Å²) in [5, 5.41) is 11.3. The number of esters is 1. The molecule has 3 aromatic rings. The summed E-state index contributed by atoms with van der Waals surface area (Å²) >= 11 is 0. The normalized spacial score (nSPS) is 12.5. The number of ether oxygens (including phenoxy) is 1. The van der Waals surface area contributed by atoms with E-state index in [1.165, 1.54) is 6.33 Å². The highest BCUT2D eigenvalue weighted by molar-refractivity contribution is 5.93. The van der Waals surface area contributed by atoms with Crippen molar-refractivity contribution in [3.05, 3.63) is 53.3 Å². The summed E-state index contributed by atoms with van der Waals surface area (Å²) in [5.74, 6) is -0.390. The number of aryl methyl sites for hydroxylation is 1. The first-order valence-corrected chi connectivity index (χ1v) is 6.97. The number of aliphatic hydroxyl groups is 1. The minimum atomic E-state index is -0.911. The number of aromatic nitrogens is 2. The van der Waals surface area contributed by atoms with Gasteiger partial charge in [-0.2, -0.15) is 0 Å². The molecule has 0 aliphatic rings. The maximum absolute atomic E-state index is 11.8. The molecular formula is C16H16N2O4. The van der Waals surface area contributed by atoms with Crippen LogP contribution in [0.25, 0.3) is 11.0 Å². The minimum absolute atomic E-state index is 0.125. The van der Waals surface area contributed by atoms with Crippen LogP contribution >= 0.6 is 0 Å². The molecule has 6 heteroatoms. The van der Waals surface area contributed by atoms with E-state index < -0.39 is 12.1 Å². The monoisotopic (exact) mass is 300 g/mol. The Morgan fingerprint density at radius 2 is 2.27 bits per heavy atom. The van der Waals surface area contributed by atoms with Gasteiger partial charge in [-0.3, -0.25) is 0 Å². The Morgan fingerprint density at radius 3 is 2.95 bits per heavy atom. The number of imidazole rings is 1. The van der Waals surface area contributed by atoms with Crippen molar-refractivity contribution >= 4 is 16.9 Å². The summed E-state index contributed by atoms with van der Waals surface area (Å²) in [6, 6.07) is 5.35. The molecule has 0 bridgehead atoms. The van der Waals surface area contributed by atoms with Crippen LogP contribution < -0.4 is 0 Å². The minimum Gasteiger partial charge on any atom is -0.460 e. The fourth-order valence-electron chi connectivity index (χ4n) is 2.43. The molecule has 0 aliphatic heterocycles. The molecule has 0 amide bonds. The molecule has 2 aromatic heterocycles. The highest BCUT2D eigenvalue weighted by Crippen LogP contribution is 2.31. The summed E-state index contributed by atoms with van der Waals surface area (Å²) in [4.78, 5) is 18.6. The lowest BCUT2D eigenvalue weighted by molar-refractivity contribution is 0.0492. The van der Waals surface area contributed by atoms with Crippen molar-refractivity contribution in [2.45, 2.75) is 20.0 Å². The largest absolute Gasteiger partial charge is 0.460 e. The van der Waals surface area contributed by atoms with Gasteiger partial charge in [0.15, 0.2) is 0 Å². The lowest BCUT2D eigenvalue weighted by atomic mass is 10.0. The van der Waals surface area contributed by atoms with Gasteiger partial charge in [-0.15, -0.1) is 0 Å². The Kier molecular flexibility index (Phi) is 3.68. The first kappa shape index (κ1) is 14.3. The van der Waals surface area contributed by atoms with E-state index in [0.717, 1.165) is 10.9 Å². The third-order valence-electron chi connectivity index (χ3n) is 3.37. The number of fused-ring (bicyclic) bond motifs is 1. The smallest absolute Gasteiger partial charge is 0.374 e. The Hall–Kier alpha value is -2.60. The van der Waals surface area contributed by atoms with Gasteiger partial charge in [-0.25, -0.2) is 9.78 Å². The van der Waals surface area contributed by atoms with Gasteiger partial charge < -0.3 is 19.2 Å². The first-order chi connectivity index (χ1) is 10.6. The lowest BCUT2D eigenvalue weighted by Crippen LogP contribution is -2.02. The summed E-state index contributed by atoms with van der Waals surface area (Å²) in [6.07, 6.45) is 2.14. The standard InChI is InChI=1S/C16H16N2O4/c1-3-21-16(20)13-6-10-4-9(2)5-11(15(10)22-13)14(19)12-7-17-8-18-12/h4-8,14,19H,3H2,1-2H3,(H,17,18). The average Bonchev–Trinajstić information content (AvgIpc) is 3.14. The quantitative estimate of drug-likeness (QED) is 0.723. The van der Waals surface area contributed by atoms with E-state index in [9.17, 15) is 9.90 Å². The zero-order valence-corrected chi connectivity index (χ0v) is 12.3. The topological polar surface area (TPSA) is 88.4 Å². The molecule has 0 fully saturated rings.